The maximum absolute atomic E-state index is 12.7. The minimum atomic E-state index is -0.00566. The summed E-state index contributed by atoms with van der Waals surface area (Å²) in [6.07, 6.45) is 0.932. The van der Waals surface area contributed by atoms with Crippen LogP contribution < -0.4 is 10.2 Å². The Morgan fingerprint density at radius 3 is 2.45 bits per heavy atom. The molecule has 0 saturated carbocycles. The first kappa shape index (κ1) is 28.1. The predicted molar refractivity (Wildman–Crippen MR) is 143 cm³/mol. The van der Waals surface area contributed by atoms with Crippen LogP contribution in [0, 0.1) is 6.92 Å². The number of aryl methyl sites for hydroxylation is 1. The van der Waals surface area contributed by atoms with Crippen LogP contribution in [0.5, 0.6) is 0 Å². The van der Waals surface area contributed by atoms with Crippen molar-refractivity contribution in [2.24, 2.45) is 0 Å². The summed E-state index contributed by atoms with van der Waals surface area (Å²) in [5, 5.41) is 8.21. The summed E-state index contributed by atoms with van der Waals surface area (Å²) < 4.78 is 2.06. The molecule has 2 atom stereocenters. The van der Waals surface area contributed by atoms with Crippen LogP contribution in [-0.2, 0) is 4.79 Å². The molecule has 3 aliphatic heterocycles. The van der Waals surface area contributed by atoms with Gasteiger partial charge in [-0.25, -0.2) is 4.68 Å². The first-order chi connectivity index (χ1) is 14.7. The van der Waals surface area contributed by atoms with E-state index in [1.165, 1.54) is 5.82 Å². The highest BCUT2D eigenvalue weighted by atomic mass is 35.5. The van der Waals surface area contributed by atoms with Gasteiger partial charge in [0.15, 0.2) is 0 Å². The molecular weight excluding hydrogens is 503 g/mol. The van der Waals surface area contributed by atoms with Gasteiger partial charge in [-0.1, -0.05) is 18.2 Å². The molecule has 3 fully saturated rings. The maximum Gasteiger partial charge on any atom is 0.240 e. The molecule has 5 rings (SSSR count). The molecular formula is C22H33Cl3N6OS. The van der Waals surface area contributed by atoms with Crippen molar-refractivity contribution in [3.05, 3.63) is 42.1 Å². The highest BCUT2D eigenvalue weighted by Crippen LogP contribution is 2.25. The number of hydrogen-bond donors (Lipinski definition) is 1. The lowest BCUT2D eigenvalue weighted by atomic mass is 10.1. The van der Waals surface area contributed by atoms with E-state index < -0.39 is 0 Å². The molecule has 11 heteroatoms. The van der Waals surface area contributed by atoms with Crippen molar-refractivity contribution >= 4 is 60.7 Å². The van der Waals surface area contributed by atoms with Crippen molar-refractivity contribution in [2.75, 3.05) is 55.8 Å². The molecule has 3 aliphatic rings. The van der Waals surface area contributed by atoms with Crippen LogP contribution in [0.1, 0.15) is 12.1 Å². The van der Waals surface area contributed by atoms with Crippen LogP contribution in [0.3, 0.4) is 0 Å². The van der Waals surface area contributed by atoms with E-state index in [4.69, 9.17) is 5.10 Å². The Balaban J connectivity index is 0.00000128. The van der Waals surface area contributed by atoms with Crippen LogP contribution in [0.4, 0.5) is 5.82 Å². The van der Waals surface area contributed by atoms with Crippen LogP contribution in [0.15, 0.2) is 36.4 Å². The molecule has 4 heterocycles. The van der Waals surface area contributed by atoms with E-state index in [-0.39, 0.29) is 43.3 Å². The predicted octanol–water partition coefficient (Wildman–Crippen LogP) is 2.83. The Morgan fingerprint density at radius 2 is 1.79 bits per heavy atom. The number of anilines is 1. The van der Waals surface area contributed by atoms with Crippen LogP contribution in [0.2, 0.25) is 0 Å². The molecule has 0 radical (unpaired) electrons. The van der Waals surface area contributed by atoms with E-state index in [9.17, 15) is 4.79 Å². The zero-order chi connectivity index (χ0) is 20.5. The molecule has 1 N–H and O–H groups in total. The standard InChI is InChI=1S/C22H30N6OS.3ClH/c1-17-13-21(28(24-17)18-5-3-2-4-6-18)26-9-7-25(8-10-26)19-14-20(23-15-19)22(29)27-11-12-30-16-27;;;/h2-6,13,19-20,23H,7-12,14-16H2,1H3;3*1H/t19-,20-;;;/m0.../s1. The number of aromatic nitrogens is 2. The fourth-order valence-corrected chi connectivity index (χ4v) is 5.73. The van der Waals surface area contributed by atoms with Gasteiger partial charge in [0.1, 0.15) is 5.82 Å². The van der Waals surface area contributed by atoms with E-state index in [1.54, 1.807) is 0 Å². The summed E-state index contributed by atoms with van der Waals surface area (Å²) in [6, 6.07) is 13.0. The molecule has 7 nitrogen and oxygen atoms in total. The lowest BCUT2D eigenvalue weighted by molar-refractivity contribution is -0.131. The quantitative estimate of drug-likeness (QED) is 0.650. The number of para-hydroxylation sites is 1. The topological polar surface area (TPSA) is 56.6 Å². The number of carbonyl (C=O) groups is 1. The molecule has 1 aromatic carbocycles. The first-order valence-electron chi connectivity index (χ1n) is 10.9. The SMILES string of the molecule is Cc1cc(N2CCN([C@@H]3CN[C@H](C(=O)N4CCSC4)C3)CC2)n(-c2ccccc2)n1.Cl.Cl.Cl. The fourth-order valence-electron chi connectivity index (χ4n) is 4.78. The monoisotopic (exact) mass is 534 g/mol. The maximum atomic E-state index is 12.7. The van der Waals surface area contributed by atoms with Gasteiger partial charge in [0.2, 0.25) is 5.91 Å². The second-order valence-corrected chi connectivity index (χ2v) is 9.48. The number of carbonyl (C=O) groups excluding carboxylic acids is 1. The number of thioether (sulfide) groups is 1. The molecule has 1 amide bonds. The van der Waals surface area contributed by atoms with Gasteiger partial charge >= 0.3 is 0 Å². The Bertz CT molecular complexity index is 888. The molecule has 0 aliphatic carbocycles. The lowest BCUT2D eigenvalue weighted by Gasteiger charge is -2.38. The van der Waals surface area contributed by atoms with Crippen molar-refractivity contribution < 1.29 is 4.79 Å². The van der Waals surface area contributed by atoms with Crippen molar-refractivity contribution in [1.82, 2.24) is 24.9 Å². The highest BCUT2D eigenvalue weighted by Gasteiger charge is 2.36. The molecule has 0 bridgehead atoms. The van der Waals surface area contributed by atoms with Gasteiger partial charge < -0.3 is 15.1 Å². The normalized spacial score (nSPS) is 22.9. The molecule has 184 valence electrons. The third kappa shape index (κ3) is 6.10. The second kappa shape index (κ2) is 12.5. The van der Waals surface area contributed by atoms with Gasteiger partial charge in [0, 0.05) is 57.1 Å². The second-order valence-electron chi connectivity index (χ2n) is 8.40. The van der Waals surface area contributed by atoms with E-state index in [0.717, 1.165) is 68.7 Å². The number of nitrogens with one attached hydrogen (secondary N) is 1. The summed E-state index contributed by atoms with van der Waals surface area (Å²) in [6.45, 7) is 7.88. The largest absolute Gasteiger partial charge is 0.354 e. The Morgan fingerprint density at radius 1 is 1.06 bits per heavy atom. The number of halogens is 3. The van der Waals surface area contributed by atoms with Crippen molar-refractivity contribution in [3.63, 3.8) is 0 Å². The van der Waals surface area contributed by atoms with Crippen molar-refractivity contribution in [3.8, 4) is 5.69 Å². The van der Waals surface area contributed by atoms with Crippen LogP contribution in [0.25, 0.3) is 5.69 Å². The molecule has 3 saturated heterocycles. The summed E-state index contributed by atoms with van der Waals surface area (Å²) >= 11 is 1.85. The molecule has 2 aromatic rings. The van der Waals surface area contributed by atoms with Gasteiger partial charge in [-0.15, -0.1) is 49.0 Å². The highest BCUT2D eigenvalue weighted by molar-refractivity contribution is 7.99. The minimum Gasteiger partial charge on any atom is -0.354 e. The van der Waals surface area contributed by atoms with Gasteiger partial charge in [-0.05, 0) is 25.5 Å². The van der Waals surface area contributed by atoms with Gasteiger partial charge in [-0.3, -0.25) is 9.69 Å². The average molecular weight is 536 g/mol. The number of rotatable bonds is 4. The summed E-state index contributed by atoms with van der Waals surface area (Å²) in [5.74, 6) is 3.39. The van der Waals surface area contributed by atoms with E-state index in [1.807, 2.05) is 22.7 Å². The van der Waals surface area contributed by atoms with Crippen LogP contribution >= 0.6 is 49.0 Å². The number of nitrogens with zero attached hydrogens (tertiary/aromatic N) is 5. The summed E-state index contributed by atoms with van der Waals surface area (Å²) in [4.78, 5) is 19.7. The van der Waals surface area contributed by atoms with Gasteiger partial charge in [0.05, 0.1) is 23.3 Å². The fraction of sp³-hybridized carbons (Fsp3) is 0.545. The minimum absolute atomic E-state index is 0. The Hall–Kier alpha value is -1.16. The van der Waals surface area contributed by atoms with E-state index in [0.29, 0.717) is 11.9 Å². The molecule has 0 spiro atoms. The molecule has 1 aromatic heterocycles. The number of amides is 1. The number of hydrogen-bond acceptors (Lipinski definition) is 6. The van der Waals surface area contributed by atoms with E-state index >= 15 is 0 Å². The van der Waals surface area contributed by atoms with Gasteiger partial charge in [0.25, 0.3) is 0 Å². The zero-order valence-electron chi connectivity index (χ0n) is 18.8. The lowest BCUT2D eigenvalue weighted by Crippen LogP contribution is -2.51. The molecule has 33 heavy (non-hydrogen) atoms. The van der Waals surface area contributed by atoms with E-state index in [2.05, 4.69) is 57.1 Å². The van der Waals surface area contributed by atoms with Crippen molar-refractivity contribution in [1.29, 1.82) is 0 Å². The number of piperazine rings is 1. The van der Waals surface area contributed by atoms with Crippen LogP contribution in [-0.4, -0.2) is 88.5 Å². The Kier molecular flexibility index (Phi) is 10.7. The van der Waals surface area contributed by atoms with Crippen molar-refractivity contribution in [2.45, 2.75) is 25.4 Å². The summed E-state index contributed by atoms with van der Waals surface area (Å²) in [7, 11) is 0. The molecule has 0 unspecified atom stereocenters. The third-order valence-corrected chi connectivity index (χ3v) is 7.40. The smallest absolute Gasteiger partial charge is 0.240 e. The van der Waals surface area contributed by atoms with Gasteiger partial charge in [-0.2, -0.15) is 5.10 Å². The Labute approximate surface area is 218 Å². The summed E-state index contributed by atoms with van der Waals surface area (Å²) in [5.41, 5.74) is 2.14. The zero-order valence-corrected chi connectivity index (χ0v) is 22.0. The first-order valence-corrected chi connectivity index (χ1v) is 12.1. The third-order valence-electron chi connectivity index (χ3n) is 6.44. The average Bonchev–Trinajstić information content (AvgIpc) is 3.55. The number of benzene rings is 1.